The summed E-state index contributed by atoms with van der Waals surface area (Å²) in [6, 6.07) is -0.332. The van der Waals surface area contributed by atoms with Gasteiger partial charge in [-0.05, 0) is 36.5 Å². The van der Waals surface area contributed by atoms with Crippen molar-refractivity contribution in [3.05, 3.63) is 0 Å². The Hall–Kier alpha value is -1.82. The molecule has 2 amide bonds. The average Bonchev–Trinajstić information content (AvgIpc) is 3.10. The van der Waals surface area contributed by atoms with Gasteiger partial charge in [-0.1, -0.05) is 48.0 Å². The van der Waals surface area contributed by atoms with Crippen LogP contribution in [0, 0.1) is 28.6 Å². The van der Waals surface area contributed by atoms with Crippen LogP contribution in [0.1, 0.15) is 67.2 Å². The number of carbonyl (C=O) groups is 2. The third-order valence-electron chi connectivity index (χ3n) is 6.01. The second-order valence-corrected chi connectivity index (χ2v) is 8.68. The van der Waals surface area contributed by atoms with Gasteiger partial charge >= 0.3 is 12.1 Å². The Labute approximate surface area is 176 Å². The molecule has 1 aliphatic carbocycles. The number of amides is 2. The molecule has 9 heteroatoms. The first kappa shape index (κ1) is 26.2. The monoisotopic (exact) mass is 433 g/mol. The van der Waals surface area contributed by atoms with Crippen molar-refractivity contribution in [2.24, 2.45) is 17.3 Å². The number of piperidine rings is 1. The Morgan fingerprint density at radius 2 is 1.87 bits per heavy atom. The van der Waals surface area contributed by atoms with Crippen LogP contribution in [0.4, 0.5) is 13.2 Å². The molecule has 172 valence electrons. The predicted molar refractivity (Wildman–Crippen MR) is 106 cm³/mol. The molecule has 2 aliphatic rings. The number of aliphatic hydroxyl groups is 1. The lowest BCUT2D eigenvalue weighted by atomic mass is 9.77. The molecule has 0 aromatic rings. The van der Waals surface area contributed by atoms with E-state index in [1.54, 1.807) is 13.8 Å². The second kappa shape index (κ2) is 9.99. The lowest BCUT2D eigenvalue weighted by molar-refractivity contribution is -0.176. The minimum Gasteiger partial charge on any atom is -0.393 e. The summed E-state index contributed by atoms with van der Waals surface area (Å²) in [6.07, 6.45) is -4.29. The van der Waals surface area contributed by atoms with Gasteiger partial charge in [-0.15, -0.1) is 0 Å². The highest BCUT2D eigenvalue weighted by atomic mass is 19.4. The fourth-order valence-corrected chi connectivity index (χ4v) is 4.44. The van der Waals surface area contributed by atoms with E-state index in [2.05, 4.69) is 0 Å². The lowest BCUT2D eigenvalue weighted by Crippen LogP contribution is -2.59. The number of nitrogens with zero attached hydrogens (tertiary/aromatic N) is 2. The maximum atomic E-state index is 13.3. The summed E-state index contributed by atoms with van der Waals surface area (Å²) in [5, 5.41) is 21.4. The van der Waals surface area contributed by atoms with Crippen LogP contribution < -0.4 is 5.32 Å². The Morgan fingerprint density at radius 1 is 1.30 bits per heavy atom. The molecule has 6 atom stereocenters. The van der Waals surface area contributed by atoms with Crippen molar-refractivity contribution < 1.29 is 27.9 Å². The third kappa shape index (κ3) is 5.65. The van der Waals surface area contributed by atoms with E-state index in [1.165, 1.54) is 4.90 Å². The number of fused-ring (bicyclic) bond motifs is 1. The topological polar surface area (TPSA) is 93.4 Å². The first-order chi connectivity index (χ1) is 13.8. The normalized spacial score (nSPS) is 27.2. The summed E-state index contributed by atoms with van der Waals surface area (Å²) in [7, 11) is 0. The quantitative estimate of drug-likeness (QED) is 0.644. The maximum absolute atomic E-state index is 13.3. The SMILES string of the molecule is CC.CCCC(O)CC(C)(C)[C@H](NC(=O)C(F)(F)F)C(=O)N1C2C(C[C@H]1C#N)[C@@H]2C. The smallest absolute Gasteiger partial charge is 0.393 e. The van der Waals surface area contributed by atoms with Crippen LogP contribution >= 0.6 is 0 Å². The molecule has 6 nitrogen and oxygen atoms in total. The highest BCUT2D eigenvalue weighted by molar-refractivity contribution is 5.91. The summed E-state index contributed by atoms with van der Waals surface area (Å²) in [4.78, 5) is 26.2. The molecule has 1 saturated carbocycles. The molecule has 0 spiro atoms. The van der Waals surface area contributed by atoms with Crippen LogP contribution in [0.2, 0.25) is 0 Å². The van der Waals surface area contributed by atoms with E-state index >= 15 is 0 Å². The zero-order chi connectivity index (χ0) is 23.4. The van der Waals surface area contributed by atoms with E-state index < -0.39 is 41.6 Å². The van der Waals surface area contributed by atoms with Gasteiger partial charge in [-0.25, -0.2) is 0 Å². The van der Waals surface area contributed by atoms with Crippen LogP contribution in [-0.2, 0) is 9.59 Å². The van der Waals surface area contributed by atoms with Gasteiger partial charge in [0.15, 0.2) is 0 Å². The molecule has 0 aromatic carbocycles. The van der Waals surface area contributed by atoms with Crippen molar-refractivity contribution in [2.45, 2.75) is 97.6 Å². The van der Waals surface area contributed by atoms with Crippen molar-refractivity contribution in [3.8, 4) is 6.07 Å². The highest BCUT2D eigenvalue weighted by Crippen LogP contribution is 2.53. The number of hydrogen-bond donors (Lipinski definition) is 2. The van der Waals surface area contributed by atoms with Crippen molar-refractivity contribution >= 4 is 11.8 Å². The van der Waals surface area contributed by atoms with Crippen LogP contribution in [0.25, 0.3) is 0 Å². The van der Waals surface area contributed by atoms with Gasteiger partial charge in [0.05, 0.1) is 12.2 Å². The minimum absolute atomic E-state index is 0.0457. The fraction of sp³-hybridized carbons (Fsp3) is 0.857. The minimum atomic E-state index is -5.13. The van der Waals surface area contributed by atoms with E-state index in [4.69, 9.17) is 0 Å². The van der Waals surface area contributed by atoms with Gasteiger partial charge in [0.2, 0.25) is 5.91 Å². The molecule has 0 aromatic heterocycles. The molecule has 1 aliphatic heterocycles. The molecule has 1 heterocycles. The van der Waals surface area contributed by atoms with Crippen LogP contribution in [0.3, 0.4) is 0 Å². The van der Waals surface area contributed by atoms with Gasteiger partial charge in [0.25, 0.3) is 0 Å². The van der Waals surface area contributed by atoms with Crippen LogP contribution in [0.15, 0.2) is 0 Å². The van der Waals surface area contributed by atoms with Gasteiger partial charge in [-0.2, -0.15) is 18.4 Å². The molecule has 2 fully saturated rings. The van der Waals surface area contributed by atoms with E-state index in [-0.39, 0.29) is 24.3 Å². The van der Waals surface area contributed by atoms with Crippen molar-refractivity contribution in [2.75, 3.05) is 0 Å². The van der Waals surface area contributed by atoms with Crippen molar-refractivity contribution in [1.82, 2.24) is 10.2 Å². The maximum Gasteiger partial charge on any atom is 0.471 e. The van der Waals surface area contributed by atoms with E-state index in [9.17, 15) is 33.1 Å². The number of alkyl halides is 3. The van der Waals surface area contributed by atoms with Crippen LogP contribution in [0.5, 0.6) is 0 Å². The zero-order valence-electron chi connectivity index (χ0n) is 18.6. The Kier molecular flexibility index (Phi) is 8.73. The molecule has 30 heavy (non-hydrogen) atoms. The van der Waals surface area contributed by atoms with Crippen molar-refractivity contribution in [3.63, 3.8) is 0 Å². The molecule has 1 saturated heterocycles. The number of carbonyl (C=O) groups excluding carboxylic acids is 2. The summed E-state index contributed by atoms with van der Waals surface area (Å²) in [5.41, 5.74) is -1.14. The number of aliphatic hydroxyl groups excluding tert-OH is 1. The van der Waals surface area contributed by atoms with E-state index in [0.717, 1.165) is 0 Å². The number of likely N-dealkylation sites (tertiary alicyclic amines) is 1. The van der Waals surface area contributed by atoms with E-state index in [1.807, 2.05) is 39.1 Å². The third-order valence-corrected chi connectivity index (χ3v) is 6.01. The summed E-state index contributed by atoms with van der Waals surface area (Å²) >= 11 is 0. The van der Waals surface area contributed by atoms with Gasteiger partial charge in [0, 0.05) is 6.04 Å². The fourth-order valence-electron chi connectivity index (χ4n) is 4.44. The molecule has 0 radical (unpaired) electrons. The molecule has 0 bridgehead atoms. The summed E-state index contributed by atoms with van der Waals surface area (Å²) in [6.45, 7) is 10.9. The molecule has 2 N–H and O–H groups in total. The first-order valence-corrected chi connectivity index (χ1v) is 10.6. The first-order valence-electron chi connectivity index (χ1n) is 10.6. The average molecular weight is 434 g/mol. The number of hydrogen-bond acceptors (Lipinski definition) is 4. The number of nitriles is 1. The second-order valence-electron chi connectivity index (χ2n) is 8.68. The standard InChI is InChI=1S/C19H28F3N3O3.C2H6/c1-5-6-12(26)8-18(3,4)15(24-17(28)19(20,21)22)16(27)25-11(9-23)7-13-10(2)14(13)25;1-2/h10-15,26H,5-8H2,1-4H3,(H,24,28);1-2H3/t10-,11-,12?,13?,14?,15+;/m0./s1. The van der Waals surface area contributed by atoms with E-state index in [0.29, 0.717) is 19.3 Å². The Balaban J connectivity index is 0.00000218. The molecular formula is C21H34F3N3O3. The Bertz CT molecular complexity index is 660. The van der Waals surface area contributed by atoms with Crippen LogP contribution in [-0.4, -0.2) is 52.2 Å². The lowest BCUT2D eigenvalue weighted by Gasteiger charge is -2.39. The molecular weight excluding hydrogens is 399 g/mol. The largest absolute Gasteiger partial charge is 0.471 e. The highest BCUT2D eigenvalue weighted by Gasteiger charge is 2.61. The van der Waals surface area contributed by atoms with Gasteiger partial charge in [0.1, 0.15) is 12.1 Å². The van der Waals surface area contributed by atoms with Gasteiger partial charge in [-0.3, -0.25) is 9.59 Å². The number of nitrogens with one attached hydrogen (secondary N) is 1. The predicted octanol–water partition coefficient (Wildman–Crippen LogP) is 3.40. The molecule has 2 rings (SSSR count). The number of rotatable bonds is 7. The summed E-state index contributed by atoms with van der Waals surface area (Å²) < 4.78 is 38.6. The summed E-state index contributed by atoms with van der Waals surface area (Å²) in [5.74, 6) is -2.53. The van der Waals surface area contributed by atoms with Crippen molar-refractivity contribution in [1.29, 1.82) is 5.26 Å². The molecule has 3 unspecified atom stereocenters. The zero-order valence-corrected chi connectivity index (χ0v) is 18.6. The number of halogens is 3. The Morgan fingerprint density at radius 3 is 2.33 bits per heavy atom. The van der Waals surface area contributed by atoms with Gasteiger partial charge < -0.3 is 15.3 Å².